The molecule has 3 aromatic rings. The molecule has 1 fully saturated rings. The number of carbonyl (C=O) groups is 2. The molecule has 192 valence electrons. The third-order valence-corrected chi connectivity index (χ3v) is 7.34. The van der Waals surface area contributed by atoms with Crippen LogP contribution in [0, 0.1) is 17.6 Å². The Labute approximate surface area is 234 Å². The van der Waals surface area contributed by atoms with E-state index in [0.717, 1.165) is 6.07 Å². The van der Waals surface area contributed by atoms with Gasteiger partial charge in [0, 0.05) is 33.4 Å². The zero-order valence-electron chi connectivity index (χ0n) is 18.3. The Bertz CT molecular complexity index is 1440. The maximum atomic E-state index is 13.8. The molecule has 0 spiro atoms. The molecule has 2 N–H and O–H groups in total. The van der Waals surface area contributed by atoms with Crippen LogP contribution in [-0.4, -0.2) is 16.1 Å². The molecule has 12 heteroatoms. The predicted molar refractivity (Wildman–Crippen MR) is 142 cm³/mol. The summed E-state index contributed by atoms with van der Waals surface area (Å²) in [7, 11) is 0. The van der Waals surface area contributed by atoms with Crippen LogP contribution in [0.2, 0.25) is 15.1 Å². The highest BCUT2D eigenvalue weighted by molar-refractivity contribution is 6.53. The van der Waals surface area contributed by atoms with Crippen LogP contribution in [0.25, 0.3) is 5.83 Å². The van der Waals surface area contributed by atoms with E-state index in [2.05, 4.69) is 17.2 Å². The molecule has 2 unspecified atom stereocenters. The van der Waals surface area contributed by atoms with Crippen LogP contribution in [0.5, 0.6) is 0 Å². The lowest BCUT2D eigenvalue weighted by molar-refractivity contribution is -0.117. The molecule has 0 saturated heterocycles. The van der Waals surface area contributed by atoms with E-state index in [4.69, 9.17) is 58.0 Å². The van der Waals surface area contributed by atoms with Gasteiger partial charge >= 0.3 is 0 Å². The number of benzene rings is 3. The molecule has 0 radical (unpaired) electrons. The van der Waals surface area contributed by atoms with Crippen molar-refractivity contribution in [1.82, 2.24) is 0 Å². The molecule has 0 heterocycles. The van der Waals surface area contributed by atoms with Crippen molar-refractivity contribution in [3.8, 4) is 0 Å². The number of carbonyl (C=O) groups excluding carboxylic acids is 2. The average Bonchev–Trinajstić information content (AvgIpc) is 3.38. The maximum absolute atomic E-state index is 13.8. The number of rotatable bonds is 6. The quantitative estimate of drug-likeness (QED) is 0.275. The number of anilines is 2. The van der Waals surface area contributed by atoms with Crippen LogP contribution < -0.4 is 10.6 Å². The third-order valence-electron chi connectivity index (χ3n) is 5.64. The Morgan fingerprint density at radius 2 is 1.49 bits per heavy atom. The van der Waals surface area contributed by atoms with Gasteiger partial charge in [-0.3, -0.25) is 9.59 Å². The minimum atomic E-state index is -1.44. The summed E-state index contributed by atoms with van der Waals surface area (Å²) < 4.78 is 39.6. The van der Waals surface area contributed by atoms with Gasteiger partial charge in [-0.15, -0.1) is 23.2 Å². The van der Waals surface area contributed by atoms with Gasteiger partial charge in [0.2, 0.25) is 5.91 Å². The minimum absolute atomic E-state index is 0.00453. The lowest BCUT2D eigenvalue weighted by atomic mass is 10.1. The molecule has 1 aliphatic rings. The first kappa shape index (κ1) is 27.6. The van der Waals surface area contributed by atoms with Gasteiger partial charge in [0.05, 0.1) is 22.1 Å². The second-order valence-electron chi connectivity index (χ2n) is 8.20. The van der Waals surface area contributed by atoms with Gasteiger partial charge in [0.25, 0.3) is 5.91 Å². The molecule has 2 atom stereocenters. The fourth-order valence-electron chi connectivity index (χ4n) is 3.88. The predicted octanol–water partition coefficient (Wildman–Crippen LogP) is 8.64. The lowest BCUT2D eigenvalue weighted by Gasteiger charge is -2.11. The van der Waals surface area contributed by atoms with Crippen molar-refractivity contribution in [2.24, 2.45) is 5.92 Å². The van der Waals surface area contributed by atoms with E-state index in [-0.39, 0.29) is 22.0 Å². The van der Waals surface area contributed by atoms with Crippen molar-refractivity contribution in [1.29, 1.82) is 0 Å². The van der Waals surface area contributed by atoms with Crippen molar-refractivity contribution in [2.75, 3.05) is 10.6 Å². The van der Waals surface area contributed by atoms with Gasteiger partial charge in [-0.05, 0) is 48.0 Å². The Morgan fingerprint density at radius 1 is 0.865 bits per heavy atom. The lowest BCUT2D eigenvalue weighted by Crippen LogP contribution is -2.18. The molecule has 3 aromatic carbocycles. The number of nitrogens with one attached hydrogen (secondary N) is 2. The summed E-state index contributed by atoms with van der Waals surface area (Å²) in [6.45, 7) is 2.94. The summed E-state index contributed by atoms with van der Waals surface area (Å²) in [5.74, 6) is -6.85. The first-order valence-electron chi connectivity index (χ1n) is 10.4. The smallest absolute Gasteiger partial charge is 0.257 e. The van der Waals surface area contributed by atoms with Crippen LogP contribution in [0.3, 0.4) is 0 Å². The largest absolute Gasteiger partial charge is 0.326 e. The Kier molecular flexibility index (Phi) is 7.75. The number of halogens is 8. The highest BCUT2D eigenvalue weighted by Crippen LogP contribution is 2.65. The summed E-state index contributed by atoms with van der Waals surface area (Å²) >= 11 is 31.0. The summed E-state index contributed by atoms with van der Waals surface area (Å²) in [4.78, 5) is 25.8. The highest BCUT2D eigenvalue weighted by Gasteiger charge is 2.67. The summed E-state index contributed by atoms with van der Waals surface area (Å²) in [6.07, 6.45) is 0. The van der Waals surface area contributed by atoms with Crippen LogP contribution in [0.1, 0.15) is 27.4 Å². The highest BCUT2D eigenvalue weighted by atomic mass is 35.5. The molecule has 2 amide bonds. The standard InChI is InChI=1S/C25H14Cl5F3N2O2/c1-10(31)16-8-15(9-19(32)22(16)33)35-23(36)17-7-14(2-3-18(17)28)34-24(37)21-20(25(21,29)30)11-4-12(26)6-13(27)5-11/h2-9,20-21H,1H2,(H,34,37)(H,35,36). The van der Waals surface area contributed by atoms with Crippen molar-refractivity contribution >= 4 is 87.0 Å². The first-order valence-corrected chi connectivity index (χ1v) is 12.3. The van der Waals surface area contributed by atoms with Gasteiger partial charge in [-0.1, -0.05) is 41.4 Å². The van der Waals surface area contributed by atoms with Crippen molar-refractivity contribution in [3.05, 3.63) is 98.5 Å². The molecule has 37 heavy (non-hydrogen) atoms. The number of alkyl halides is 2. The fraction of sp³-hybridized carbons (Fsp3) is 0.120. The zero-order valence-corrected chi connectivity index (χ0v) is 22.1. The van der Waals surface area contributed by atoms with Crippen molar-refractivity contribution in [2.45, 2.75) is 10.3 Å². The van der Waals surface area contributed by atoms with Gasteiger partial charge in [0.1, 0.15) is 10.2 Å². The van der Waals surface area contributed by atoms with E-state index in [1.54, 1.807) is 12.1 Å². The Hall–Kier alpha value is -2.42. The Morgan fingerprint density at radius 3 is 2.11 bits per heavy atom. The SMILES string of the molecule is C=C(F)c1cc(NC(=O)c2cc(NC(=O)C3C(c4cc(Cl)cc(Cl)c4)C3(Cl)Cl)ccc2Cl)cc(F)c1F. The van der Waals surface area contributed by atoms with Crippen LogP contribution in [-0.2, 0) is 4.79 Å². The second kappa shape index (κ2) is 10.4. The molecule has 1 aliphatic carbocycles. The van der Waals surface area contributed by atoms with Crippen LogP contribution in [0.4, 0.5) is 24.5 Å². The van der Waals surface area contributed by atoms with Gasteiger partial charge in [-0.25, -0.2) is 13.2 Å². The second-order valence-corrected chi connectivity index (χ2v) is 10.9. The van der Waals surface area contributed by atoms with E-state index in [0.29, 0.717) is 21.7 Å². The van der Waals surface area contributed by atoms with E-state index in [9.17, 15) is 22.8 Å². The number of amides is 2. The van der Waals surface area contributed by atoms with Gasteiger partial charge < -0.3 is 10.6 Å². The summed E-state index contributed by atoms with van der Waals surface area (Å²) in [5.41, 5.74) is -0.324. The summed E-state index contributed by atoms with van der Waals surface area (Å²) in [5, 5.41) is 5.65. The van der Waals surface area contributed by atoms with Crippen molar-refractivity contribution in [3.63, 3.8) is 0 Å². The number of hydrogen-bond acceptors (Lipinski definition) is 2. The summed E-state index contributed by atoms with van der Waals surface area (Å²) in [6, 6.07) is 10.4. The molecule has 1 saturated carbocycles. The monoisotopic (exact) mass is 606 g/mol. The minimum Gasteiger partial charge on any atom is -0.326 e. The van der Waals surface area contributed by atoms with Crippen LogP contribution >= 0.6 is 58.0 Å². The van der Waals surface area contributed by atoms with Crippen molar-refractivity contribution < 1.29 is 22.8 Å². The molecule has 4 nitrogen and oxygen atoms in total. The molecule has 4 rings (SSSR count). The average molecular weight is 609 g/mol. The molecule has 0 bridgehead atoms. The topological polar surface area (TPSA) is 58.2 Å². The van der Waals surface area contributed by atoms with E-state index >= 15 is 0 Å². The molecular weight excluding hydrogens is 595 g/mol. The Balaban J connectivity index is 1.53. The van der Waals surface area contributed by atoms with E-state index < -0.39 is 51.0 Å². The fourth-order valence-corrected chi connectivity index (χ4v) is 5.45. The van der Waals surface area contributed by atoms with Crippen LogP contribution in [0.15, 0.2) is 55.1 Å². The van der Waals surface area contributed by atoms with Gasteiger partial charge in [-0.2, -0.15) is 0 Å². The molecule has 0 aliphatic heterocycles. The van der Waals surface area contributed by atoms with E-state index in [1.807, 2.05) is 0 Å². The third kappa shape index (κ3) is 5.71. The van der Waals surface area contributed by atoms with E-state index in [1.165, 1.54) is 24.3 Å². The molecular formula is C25H14Cl5F3N2O2. The normalized spacial score (nSPS) is 17.7. The zero-order chi connectivity index (χ0) is 27.2. The molecule has 0 aromatic heterocycles. The maximum Gasteiger partial charge on any atom is 0.257 e. The first-order chi connectivity index (χ1) is 17.3. The van der Waals surface area contributed by atoms with Gasteiger partial charge in [0.15, 0.2) is 11.6 Å². The number of hydrogen-bond donors (Lipinski definition) is 2.